The Balaban J connectivity index is 1.73. The monoisotopic (exact) mass is 324 g/mol. The van der Waals surface area contributed by atoms with E-state index in [2.05, 4.69) is 12.2 Å². The van der Waals surface area contributed by atoms with E-state index in [1.54, 1.807) is 0 Å². The summed E-state index contributed by atoms with van der Waals surface area (Å²) in [5, 5.41) is 0. The van der Waals surface area contributed by atoms with Gasteiger partial charge in [-0.3, -0.25) is 19.3 Å². The maximum Gasteiger partial charge on any atom is 0.234 e. The fourth-order valence-electron chi connectivity index (χ4n) is 4.63. The zero-order valence-electron chi connectivity index (χ0n) is 13.3. The third-order valence-corrected chi connectivity index (χ3v) is 5.68. The lowest BCUT2D eigenvalue weighted by atomic mass is 9.63. The van der Waals surface area contributed by atoms with Gasteiger partial charge in [-0.1, -0.05) is 42.5 Å². The van der Waals surface area contributed by atoms with E-state index in [1.807, 2.05) is 30.3 Å². The molecule has 24 heavy (non-hydrogen) atoms. The molecular formula is C19H20N2O3. The van der Waals surface area contributed by atoms with Crippen LogP contribution in [-0.2, 0) is 14.4 Å². The number of carbonyl (C=O) groups excluding carboxylic acids is 3. The number of imide groups is 1. The lowest BCUT2D eigenvalue weighted by Gasteiger charge is -2.38. The average molecular weight is 324 g/mol. The van der Waals surface area contributed by atoms with Gasteiger partial charge in [-0.25, -0.2) is 0 Å². The van der Waals surface area contributed by atoms with Gasteiger partial charge in [-0.2, -0.15) is 0 Å². The van der Waals surface area contributed by atoms with Crippen molar-refractivity contribution < 1.29 is 14.4 Å². The molecule has 2 bridgehead atoms. The fraction of sp³-hybridized carbons (Fsp3) is 0.421. The molecule has 0 spiro atoms. The number of fused-ring (bicyclic) bond motifs is 1. The van der Waals surface area contributed by atoms with E-state index < -0.39 is 11.9 Å². The van der Waals surface area contributed by atoms with Crippen LogP contribution in [0.25, 0.3) is 0 Å². The molecule has 5 heteroatoms. The van der Waals surface area contributed by atoms with Gasteiger partial charge in [-0.05, 0) is 30.2 Å². The Kier molecular flexibility index (Phi) is 3.52. The highest BCUT2D eigenvalue weighted by Crippen LogP contribution is 2.51. The molecule has 3 amide bonds. The van der Waals surface area contributed by atoms with Crippen molar-refractivity contribution in [2.75, 3.05) is 0 Å². The minimum absolute atomic E-state index is 0.0380. The Morgan fingerprint density at radius 1 is 1.04 bits per heavy atom. The largest absolute Gasteiger partial charge is 0.370 e. The maximum atomic E-state index is 13.1. The molecule has 5 atom stereocenters. The minimum atomic E-state index is -0.603. The Morgan fingerprint density at radius 2 is 1.58 bits per heavy atom. The summed E-state index contributed by atoms with van der Waals surface area (Å²) < 4.78 is 0. The average Bonchev–Trinajstić information content (AvgIpc) is 2.88. The predicted molar refractivity (Wildman–Crippen MR) is 87.2 cm³/mol. The molecule has 1 aromatic carbocycles. The van der Waals surface area contributed by atoms with Crippen LogP contribution in [-0.4, -0.2) is 22.6 Å². The molecule has 1 saturated carbocycles. The molecule has 2 N–H and O–H groups in total. The van der Waals surface area contributed by atoms with Crippen LogP contribution in [0.1, 0.15) is 30.9 Å². The van der Waals surface area contributed by atoms with Crippen molar-refractivity contribution in [3.05, 3.63) is 48.0 Å². The number of nitrogens with zero attached hydrogens (tertiary/aromatic N) is 1. The van der Waals surface area contributed by atoms with Crippen LogP contribution in [0.5, 0.6) is 0 Å². The number of carbonyl (C=O) groups is 3. The fourth-order valence-corrected chi connectivity index (χ4v) is 4.63. The van der Waals surface area contributed by atoms with Crippen LogP contribution in [0.3, 0.4) is 0 Å². The molecule has 4 aliphatic rings. The van der Waals surface area contributed by atoms with Gasteiger partial charge in [0.1, 0.15) is 0 Å². The van der Waals surface area contributed by atoms with Gasteiger partial charge >= 0.3 is 0 Å². The quantitative estimate of drug-likeness (QED) is 0.677. The third kappa shape index (κ3) is 2.19. The van der Waals surface area contributed by atoms with Crippen molar-refractivity contribution in [3.63, 3.8) is 0 Å². The molecule has 124 valence electrons. The third-order valence-electron chi connectivity index (χ3n) is 5.68. The van der Waals surface area contributed by atoms with E-state index in [0.29, 0.717) is 0 Å². The molecular weight excluding hydrogens is 304 g/mol. The van der Waals surface area contributed by atoms with E-state index in [9.17, 15) is 14.4 Å². The smallest absolute Gasteiger partial charge is 0.234 e. The lowest BCUT2D eigenvalue weighted by Crippen LogP contribution is -2.38. The summed E-state index contributed by atoms with van der Waals surface area (Å²) >= 11 is 0. The Labute approximate surface area is 140 Å². The van der Waals surface area contributed by atoms with Gasteiger partial charge in [-0.15, -0.1) is 0 Å². The van der Waals surface area contributed by atoms with Crippen molar-refractivity contribution in [1.82, 2.24) is 4.90 Å². The number of benzene rings is 1. The number of allylic oxidation sites excluding steroid dienone is 2. The number of primary amides is 1. The molecule has 5 nitrogen and oxygen atoms in total. The lowest BCUT2D eigenvalue weighted by molar-refractivity contribution is -0.143. The number of hydrogen-bond donors (Lipinski definition) is 1. The molecule has 3 aliphatic carbocycles. The van der Waals surface area contributed by atoms with Crippen LogP contribution < -0.4 is 5.73 Å². The van der Waals surface area contributed by atoms with E-state index in [0.717, 1.165) is 18.4 Å². The van der Waals surface area contributed by atoms with Gasteiger partial charge < -0.3 is 5.73 Å². The van der Waals surface area contributed by atoms with Crippen molar-refractivity contribution in [3.8, 4) is 0 Å². The van der Waals surface area contributed by atoms with Crippen molar-refractivity contribution in [1.29, 1.82) is 0 Å². The van der Waals surface area contributed by atoms with Crippen molar-refractivity contribution in [2.45, 2.75) is 25.3 Å². The first-order valence-corrected chi connectivity index (χ1v) is 8.46. The summed E-state index contributed by atoms with van der Waals surface area (Å²) in [5.41, 5.74) is 6.18. The first-order valence-electron chi connectivity index (χ1n) is 8.46. The maximum absolute atomic E-state index is 13.1. The molecule has 1 heterocycles. The number of nitrogens with two attached hydrogens (primary N) is 1. The molecule has 1 saturated heterocycles. The standard InChI is InChI=1S/C19H20N2O3/c20-15(22)10-14(11-4-2-1-3-5-11)21-18(23)16-12-6-7-13(9-8-12)17(16)19(21)24/h1-7,12-14,16-17H,8-10H2,(H2,20,22)/t12-,13-,14+,16-,17-/m0/s1. The molecule has 0 aromatic heterocycles. The van der Waals surface area contributed by atoms with E-state index in [4.69, 9.17) is 5.73 Å². The highest BCUT2D eigenvalue weighted by Gasteiger charge is 2.58. The summed E-state index contributed by atoms with van der Waals surface area (Å²) in [7, 11) is 0. The van der Waals surface area contributed by atoms with Crippen LogP contribution in [0, 0.1) is 23.7 Å². The molecule has 2 fully saturated rings. The minimum Gasteiger partial charge on any atom is -0.370 e. The van der Waals surface area contributed by atoms with Gasteiger partial charge in [0.2, 0.25) is 17.7 Å². The molecule has 0 radical (unpaired) electrons. The second kappa shape index (κ2) is 5.58. The first kappa shape index (κ1) is 15.1. The normalized spacial score (nSPS) is 32.1. The summed E-state index contributed by atoms with van der Waals surface area (Å²) in [6.07, 6.45) is 6.07. The van der Waals surface area contributed by atoms with Crippen LogP contribution >= 0.6 is 0 Å². The first-order chi connectivity index (χ1) is 11.6. The van der Waals surface area contributed by atoms with E-state index in [1.165, 1.54) is 4.90 Å². The zero-order valence-corrected chi connectivity index (χ0v) is 13.3. The number of amides is 3. The zero-order chi connectivity index (χ0) is 16.8. The Morgan fingerprint density at radius 3 is 2.04 bits per heavy atom. The highest BCUT2D eigenvalue weighted by molar-refractivity contribution is 6.06. The topological polar surface area (TPSA) is 80.5 Å². The molecule has 0 unspecified atom stereocenters. The molecule has 1 aromatic rings. The van der Waals surface area contributed by atoms with Crippen molar-refractivity contribution in [2.24, 2.45) is 29.4 Å². The molecule has 1 aliphatic heterocycles. The second-order valence-corrected chi connectivity index (χ2v) is 6.98. The van der Waals surface area contributed by atoms with Crippen LogP contribution in [0.2, 0.25) is 0 Å². The molecule has 5 rings (SSSR count). The van der Waals surface area contributed by atoms with Gasteiger partial charge in [0.15, 0.2) is 0 Å². The number of hydrogen-bond acceptors (Lipinski definition) is 3. The van der Waals surface area contributed by atoms with Gasteiger partial charge in [0.25, 0.3) is 0 Å². The summed E-state index contributed by atoms with van der Waals surface area (Å²) in [5.74, 6) is -1.03. The number of rotatable bonds is 4. The second-order valence-electron chi connectivity index (χ2n) is 6.98. The number of likely N-dealkylation sites (tertiary alicyclic amines) is 1. The van der Waals surface area contributed by atoms with Crippen LogP contribution in [0.4, 0.5) is 0 Å². The Hall–Kier alpha value is -2.43. The van der Waals surface area contributed by atoms with E-state index in [-0.39, 0.29) is 41.9 Å². The summed E-state index contributed by atoms with van der Waals surface area (Å²) in [6, 6.07) is 8.61. The predicted octanol–water partition coefficient (Wildman–Crippen LogP) is 1.80. The van der Waals surface area contributed by atoms with Crippen LogP contribution in [0.15, 0.2) is 42.5 Å². The van der Waals surface area contributed by atoms with Crippen molar-refractivity contribution >= 4 is 17.7 Å². The van der Waals surface area contributed by atoms with Gasteiger partial charge in [0.05, 0.1) is 24.3 Å². The highest BCUT2D eigenvalue weighted by atomic mass is 16.2. The Bertz CT molecular complexity index is 695. The summed E-state index contributed by atoms with van der Waals surface area (Å²) in [4.78, 5) is 39.0. The van der Waals surface area contributed by atoms with E-state index >= 15 is 0 Å². The van der Waals surface area contributed by atoms with Gasteiger partial charge in [0, 0.05) is 0 Å². The SMILES string of the molecule is NC(=O)C[C@H](c1ccccc1)N1C(=O)[C@@H]2[C@@H](C1=O)[C@H]1C=C[C@H]2CC1. The summed E-state index contributed by atoms with van der Waals surface area (Å²) in [6.45, 7) is 0.